The van der Waals surface area contributed by atoms with Crippen LogP contribution < -0.4 is 0 Å². The molecule has 0 atom stereocenters. The summed E-state index contributed by atoms with van der Waals surface area (Å²) >= 11 is 1.50. The second-order valence-corrected chi connectivity index (χ2v) is 9.61. The van der Waals surface area contributed by atoms with Crippen LogP contribution in [0.2, 0.25) is 0 Å². The second kappa shape index (κ2) is 7.98. The van der Waals surface area contributed by atoms with E-state index in [2.05, 4.69) is 27.2 Å². The molecule has 8 nitrogen and oxygen atoms in total. The fourth-order valence-electron chi connectivity index (χ4n) is 3.62. The van der Waals surface area contributed by atoms with E-state index in [4.69, 9.17) is 4.74 Å². The summed E-state index contributed by atoms with van der Waals surface area (Å²) in [5.41, 5.74) is 4.39. The van der Waals surface area contributed by atoms with Gasteiger partial charge in [0.1, 0.15) is 27.3 Å². The molecule has 0 aliphatic carbocycles. The standard InChI is InChI=1S/C23H24N6O2S/c1-23(2,3)31-22(30)27-10-7-16(8-11-27)17-12-19-18(24-13-17)14-26-29(19)32-21-15-25-20-6-4-5-9-28(20)21/h4-7,9,12-15H,8,10-11H2,1-3H3. The molecule has 164 valence electrons. The van der Waals surface area contributed by atoms with Gasteiger partial charge < -0.3 is 9.64 Å². The van der Waals surface area contributed by atoms with Gasteiger partial charge in [0.25, 0.3) is 0 Å². The van der Waals surface area contributed by atoms with Gasteiger partial charge in [-0.1, -0.05) is 12.1 Å². The quantitative estimate of drug-likeness (QED) is 0.454. The van der Waals surface area contributed by atoms with Crippen LogP contribution in [-0.2, 0) is 4.74 Å². The molecule has 1 aliphatic rings. The maximum absolute atomic E-state index is 12.3. The number of fused-ring (bicyclic) bond motifs is 2. The lowest BCUT2D eigenvalue weighted by atomic mass is 10.0. The highest BCUT2D eigenvalue weighted by Gasteiger charge is 2.24. The van der Waals surface area contributed by atoms with E-state index in [0.29, 0.717) is 13.1 Å². The minimum absolute atomic E-state index is 0.274. The van der Waals surface area contributed by atoms with E-state index in [1.54, 1.807) is 11.1 Å². The molecule has 1 amide bonds. The summed E-state index contributed by atoms with van der Waals surface area (Å²) in [7, 11) is 0. The Morgan fingerprint density at radius 2 is 2.03 bits per heavy atom. The van der Waals surface area contributed by atoms with E-state index >= 15 is 0 Å². The zero-order chi connectivity index (χ0) is 22.3. The van der Waals surface area contributed by atoms with Crippen LogP contribution in [0, 0.1) is 0 Å². The van der Waals surface area contributed by atoms with Crippen molar-refractivity contribution in [2.45, 2.75) is 37.8 Å². The fraction of sp³-hybridized carbons (Fsp3) is 0.304. The summed E-state index contributed by atoms with van der Waals surface area (Å²) in [6.07, 6.45) is 10.0. The van der Waals surface area contributed by atoms with Crippen LogP contribution in [0.4, 0.5) is 4.79 Å². The molecule has 0 radical (unpaired) electrons. The monoisotopic (exact) mass is 448 g/mol. The van der Waals surface area contributed by atoms with Gasteiger partial charge in [0.05, 0.1) is 12.4 Å². The highest BCUT2D eigenvalue weighted by molar-refractivity contribution is 7.97. The normalized spacial score (nSPS) is 14.7. The number of imidazole rings is 1. The Morgan fingerprint density at radius 1 is 1.16 bits per heavy atom. The maximum atomic E-state index is 12.3. The number of aromatic nitrogens is 5. The number of carbonyl (C=O) groups is 1. The van der Waals surface area contributed by atoms with Crippen molar-refractivity contribution in [1.82, 2.24) is 28.5 Å². The molecule has 0 fully saturated rings. The van der Waals surface area contributed by atoms with Crippen molar-refractivity contribution in [2.75, 3.05) is 13.1 Å². The summed E-state index contributed by atoms with van der Waals surface area (Å²) in [5, 5.41) is 5.49. The molecule has 9 heteroatoms. The highest BCUT2D eigenvalue weighted by atomic mass is 32.2. The summed E-state index contributed by atoms with van der Waals surface area (Å²) < 4.78 is 9.39. The van der Waals surface area contributed by atoms with E-state index in [-0.39, 0.29) is 6.09 Å². The van der Waals surface area contributed by atoms with E-state index < -0.39 is 5.60 Å². The van der Waals surface area contributed by atoms with E-state index in [1.807, 2.05) is 66.0 Å². The molecular formula is C23H24N6O2S. The fourth-order valence-corrected chi connectivity index (χ4v) is 4.48. The topological polar surface area (TPSA) is 77.5 Å². The summed E-state index contributed by atoms with van der Waals surface area (Å²) in [4.78, 5) is 23.1. The lowest BCUT2D eigenvalue weighted by Crippen LogP contribution is -2.39. The minimum Gasteiger partial charge on any atom is -0.444 e. The zero-order valence-electron chi connectivity index (χ0n) is 18.2. The van der Waals surface area contributed by atoms with Crippen molar-refractivity contribution in [2.24, 2.45) is 0 Å². The number of pyridine rings is 2. The molecule has 5 rings (SSSR count). The second-order valence-electron chi connectivity index (χ2n) is 8.67. The Kier molecular flexibility index (Phi) is 5.13. The Hall–Kier alpha value is -3.33. The molecule has 0 unspecified atom stereocenters. The lowest BCUT2D eigenvalue weighted by molar-refractivity contribution is 0.0270. The van der Waals surface area contributed by atoms with Gasteiger partial charge in [-0.2, -0.15) is 9.19 Å². The van der Waals surface area contributed by atoms with E-state index in [1.165, 1.54) is 17.5 Å². The van der Waals surface area contributed by atoms with Gasteiger partial charge in [0.2, 0.25) is 0 Å². The number of hydrogen-bond acceptors (Lipinski definition) is 6. The first-order chi connectivity index (χ1) is 15.4. The Bertz CT molecular complexity index is 1330. The maximum Gasteiger partial charge on any atom is 0.410 e. The van der Waals surface area contributed by atoms with Crippen LogP contribution >= 0.6 is 11.9 Å². The van der Waals surface area contributed by atoms with Gasteiger partial charge in [-0.15, -0.1) is 0 Å². The molecule has 4 aromatic rings. The molecule has 0 N–H and O–H groups in total. The Morgan fingerprint density at radius 3 is 2.81 bits per heavy atom. The summed E-state index contributed by atoms with van der Waals surface area (Å²) in [5.74, 6) is 0. The molecule has 0 aromatic carbocycles. The Labute approximate surface area is 190 Å². The van der Waals surface area contributed by atoms with Crippen LogP contribution in [0.3, 0.4) is 0 Å². The number of rotatable bonds is 3. The number of ether oxygens (including phenoxy) is 1. The number of hydrogen-bond donors (Lipinski definition) is 0. The smallest absolute Gasteiger partial charge is 0.410 e. The number of carbonyl (C=O) groups excluding carboxylic acids is 1. The largest absolute Gasteiger partial charge is 0.444 e. The van der Waals surface area contributed by atoms with Gasteiger partial charge in [0, 0.05) is 37.4 Å². The first-order valence-corrected chi connectivity index (χ1v) is 11.3. The van der Waals surface area contributed by atoms with Crippen molar-refractivity contribution < 1.29 is 9.53 Å². The molecule has 1 aliphatic heterocycles. The summed E-state index contributed by atoms with van der Waals surface area (Å²) in [6, 6.07) is 8.04. The van der Waals surface area contributed by atoms with Crippen LogP contribution in [0.1, 0.15) is 32.8 Å². The molecular weight excluding hydrogens is 424 g/mol. The number of amides is 1. The van der Waals surface area contributed by atoms with Crippen LogP contribution in [-0.4, -0.2) is 53.2 Å². The molecule has 0 spiro atoms. The third-order valence-corrected chi connectivity index (χ3v) is 6.14. The van der Waals surface area contributed by atoms with Crippen molar-refractivity contribution in [3.05, 3.63) is 60.7 Å². The molecule has 0 saturated heterocycles. The Balaban J connectivity index is 1.38. The number of nitrogens with zero attached hydrogens (tertiary/aromatic N) is 6. The molecule has 5 heterocycles. The van der Waals surface area contributed by atoms with E-state index in [9.17, 15) is 4.79 Å². The van der Waals surface area contributed by atoms with E-state index in [0.717, 1.165) is 33.7 Å². The van der Waals surface area contributed by atoms with Gasteiger partial charge in [-0.25, -0.2) is 9.78 Å². The van der Waals surface area contributed by atoms with Gasteiger partial charge in [-0.05, 0) is 56.5 Å². The van der Waals surface area contributed by atoms with Gasteiger partial charge >= 0.3 is 6.09 Å². The van der Waals surface area contributed by atoms with Crippen molar-refractivity contribution in [1.29, 1.82) is 0 Å². The molecule has 4 aromatic heterocycles. The molecule has 0 bridgehead atoms. The molecule has 32 heavy (non-hydrogen) atoms. The van der Waals surface area contributed by atoms with Crippen molar-refractivity contribution in [3.8, 4) is 0 Å². The zero-order valence-corrected chi connectivity index (χ0v) is 19.0. The van der Waals surface area contributed by atoms with Gasteiger partial charge in [0.15, 0.2) is 0 Å². The van der Waals surface area contributed by atoms with Crippen molar-refractivity contribution >= 4 is 40.3 Å². The summed E-state index contributed by atoms with van der Waals surface area (Å²) in [6.45, 7) is 6.79. The highest BCUT2D eigenvalue weighted by Crippen LogP contribution is 2.29. The van der Waals surface area contributed by atoms with Gasteiger partial charge in [-0.3, -0.25) is 9.38 Å². The van der Waals surface area contributed by atoms with Crippen LogP contribution in [0.5, 0.6) is 0 Å². The minimum atomic E-state index is -0.493. The predicted molar refractivity (Wildman–Crippen MR) is 124 cm³/mol. The average Bonchev–Trinajstić information content (AvgIpc) is 3.37. The van der Waals surface area contributed by atoms with Crippen LogP contribution in [0.25, 0.3) is 22.3 Å². The van der Waals surface area contributed by atoms with Crippen LogP contribution in [0.15, 0.2) is 60.2 Å². The SMILES string of the molecule is CC(C)(C)OC(=O)N1CC=C(c2cnc3cnn(Sc4cnc5ccccn45)c3c2)CC1. The van der Waals surface area contributed by atoms with Crippen molar-refractivity contribution in [3.63, 3.8) is 0 Å². The molecule has 0 saturated carbocycles. The third kappa shape index (κ3) is 4.08. The third-order valence-electron chi connectivity index (χ3n) is 5.18. The first-order valence-electron chi connectivity index (χ1n) is 10.5. The average molecular weight is 449 g/mol. The predicted octanol–water partition coefficient (Wildman–Crippen LogP) is 4.66. The first kappa shape index (κ1) is 20.6. The lowest BCUT2D eigenvalue weighted by Gasteiger charge is -2.29.